The molecule has 0 aliphatic rings. The second kappa shape index (κ2) is 5.39. The maximum Gasteiger partial charge on any atom is 0.416 e. The van der Waals surface area contributed by atoms with Gasteiger partial charge in [0.1, 0.15) is 0 Å². The van der Waals surface area contributed by atoms with Crippen molar-refractivity contribution in [2.45, 2.75) is 12.1 Å². The van der Waals surface area contributed by atoms with Gasteiger partial charge < -0.3 is 25.5 Å². The molecule has 0 amide bonds. The molecule has 0 aliphatic heterocycles. The molecule has 9 heteroatoms. The topological polar surface area (TPSA) is 107 Å². The van der Waals surface area contributed by atoms with Gasteiger partial charge in [-0.2, -0.15) is 13.2 Å². The van der Waals surface area contributed by atoms with E-state index in [9.17, 15) is 28.2 Å². The number of aromatic amines is 2. The quantitative estimate of drug-likeness (QED) is 0.615. The van der Waals surface area contributed by atoms with Crippen molar-refractivity contribution < 1.29 is 23.4 Å². The van der Waals surface area contributed by atoms with E-state index >= 15 is 0 Å². The smallest absolute Gasteiger partial charge is 0.416 e. The molecule has 0 bridgehead atoms. The molecule has 6 nitrogen and oxygen atoms in total. The summed E-state index contributed by atoms with van der Waals surface area (Å²) in [6.45, 7) is 0. The highest BCUT2D eigenvalue weighted by Crippen LogP contribution is 2.31. The molecule has 24 heavy (non-hydrogen) atoms. The average Bonchev–Trinajstić information content (AvgIpc) is 2.85. The van der Waals surface area contributed by atoms with Gasteiger partial charge in [0.2, 0.25) is 0 Å². The minimum atomic E-state index is -4.59. The number of hydrogen-bond donors (Lipinski definition) is 3. The third-order valence-electron chi connectivity index (χ3n) is 3.39. The van der Waals surface area contributed by atoms with Gasteiger partial charge in [-0.25, -0.2) is 4.79 Å². The van der Waals surface area contributed by atoms with Crippen molar-refractivity contribution in [3.05, 3.63) is 64.1 Å². The summed E-state index contributed by atoms with van der Waals surface area (Å²) in [4.78, 5) is 16.0. The molecule has 0 radical (unpaired) electrons. The zero-order valence-corrected chi connectivity index (χ0v) is 11.9. The van der Waals surface area contributed by atoms with Crippen molar-refractivity contribution in [1.82, 2.24) is 9.97 Å². The first-order valence-corrected chi connectivity index (χ1v) is 6.74. The monoisotopic (exact) mass is 337 g/mol. The van der Waals surface area contributed by atoms with Gasteiger partial charge in [-0.15, -0.1) is 5.91 Å². The molecular weight excluding hydrogens is 327 g/mol. The van der Waals surface area contributed by atoms with E-state index in [0.29, 0.717) is 11.6 Å². The summed E-state index contributed by atoms with van der Waals surface area (Å²) >= 11 is 0. The Morgan fingerprint density at radius 2 is 1.62 bits per heavy atom. The minimum Gasteiger partial charge on any atom is -0.844 e. The zero-order chi connectivity index (χ0) is 17.5. The maximum absolute atomic E-state index is 12.7. The van der Waals surface area contributed by atoms with Gasteiger partial charge in [-0.05, 0) is 30.3 Å². The molecule has 1 heterocycles. The number of nitrogens with one attached hydrogen (secondary N) is 3. The second-order valence-corrected chi connectivity index (χ2v) is 5.16. The summed E-state index contributed by atoms with van der Waals surface area (Å²) in [5.41, 5.74) is -1.36. The van der Waals surface area contributed by atoms with E-state index in [4.69, 9.17) is 0 Å². The van der Waals surface area contributed by atoms with Crippen LogP contribution in [-0.4, -0.2) is 9.97 Å². The molecule has 3 aromatic rings. The third kappa shape index (κ3) is 3.12. The Morgan fingerprint density at radius 1 is 0.917 bits per heavy atom. The fraction of sp³-hybridized carbons (Fsp3) is 0.133. The molecular formula is C15H10F3N3O3-2. The number of benzene rings is 2. The average molecular weight is 337 g/mol. The molecule has 3 N–H and O–H groups in total. The molecule has 0 spiro atoms. The number of halogens is 3. The normalized spacial score (nSPS) is 12.5. The Morgan fingerprint density at radius 3 is 2.33 bits per heavy atom. The number of rotatable bonds is 3. The summed E-state index contributed by atoms with van der Waals surface area (Å²) in [5, 5.41) is 26.5. The van der Waals surface area contributed by atoms with Crippen LogP contribution < -0.4 is 21.2 Å². The fourth-order valence-corrected chi connectivity index (χ4v) is 2.27. The molecule has 126 valence electrons. The highest BCUT2D eigenvalue weighted by molar-refractivity contribution is 5.75. The Bertz CT molecular complexity index is 944. The van der Waals surface area contributed by atoms with Gasteiger partial charge in [0, 0.05) is 5.69 Å². The molecule has 3 rings (SSSR count). The first kappa shape index (κ1) is 16.1. The SMILES string of the molecule is O=c1[nH]c2ccc(C([O-])([O-])Nc3cccc(C(F)(F)F)c3)cc2[nH]1. The molecule has 0 saturated heterocycles. The first-order valence-electron chi connectivity index (χ1n) is 6.74. The van der Waals surface area contributed by atoms with E-state index in [-0.39, 0.29) is 16.8 Å². The summed E-state index contributed by atoms with van der Waals surface area (Å²) in [5.74, 6) is -3.13. The molecule has 2 aromatic carbocycles. The minimum absolute atomic E-state index is 0.249. The van der Waals surface area contributed by atoms with Crippen LogP contribution in [0.2, 0.25) is 0 Å². The van der Waals surface area contributed by atoms with E-state index in [1.807, 2.05) is 5.32 Å². The van der Waals surface area contributed by atoms with Gasteiger partial charge >= 0.3 is 11.9 Å². The van der Waals surface area contributed by atoms with Gasteiger partial charge in [0.15, 0.2) is 0 Å². The van der Waals surface area contributed by atoms with Crippen LogP contribution in [0.15, 0.2) is 47.3 Å². The largest absolute Gasteiger partial charge is 0.844 e. The van der Waals surface area contributed by atoms with Crippen LogP contribution in [0.5, 0.6) is 0 Å². The van der Waals surface area contributed by atoms with Crippen molar-refractivity contribution in [3.8, 4) is 0 Å². The van der Waals surface area contributed by atoms with E-state index < -0.39 is 23.3 Å². The Kier molecular flexibility index (Phi) is 3.61. The predicted molar refractivity (Wildman–Crippen MR) is 75.7 cm³/mol. The van der Waals surface area contributed by atoms with E-state index in [0.717, 1.165) is 12.1 Å². The van der Waals surface area contributed by atoms with Gasteiger partial charge in [-0.3, -0.25) is 0 Å². The summed E-state index contributed by atoms with van der Waals surface area (Å²) in [6, 6.07) is 7.53. The lowest BCUT2D eigenvalue weighted by molar-refractivity contribution is -0.724. The van der Waals surface area contributed by atoms with Crippen LogP contribution in [0.4, 0.5) is 18.9 Å². The molecule has 0 fully saturated rings. The van der Waals surface area contributed by atoms with Crippen molar-refractivity contribution in [2.75, 3.05) is 5.32 Å². The second-order valence-electron chi connectivity index (χ2n) is 5.16. The highest BCUT2D eigenvalue weighted by Gasteiger charge is 2.30. The lowest BCUT2D eigenvalue weighted by atomic mass is 10.1. The van der Waals surface area contributed by atoms with E-state index in [1.54, 1.807) is 0 Å². The van der Waals surface area contributed by atoms with Crippen molar-refractivity contribution in [2.24, 2.45) is 0 Å². The number of anilines is 1. The summed E-state index contributed by atoms with van der Waals surface area (Å²) in [7, 11) is 0. The molecule has 0 saturated carbocycles. The zero-order valence-electron chi connectivity index (χ0n) is 11.9. The van der Waals surface area contributed by atoms with Crippen LogP contribution in [0.25, 0.3) is 11.0 Å². The van der Waals surface area contributed by atoms with Crippen molar-refractivity contribution in [3.63, 3.8) is 0 Å². The lowest BCUT2D eigenvalue weighted by Gasteiger charge is -2.50. The fourth-order valence-electron chi connectivity index (χ4n) is 2.27. The molecule has 1 aromatic heterocycles. The molecule has 0 unspecified atom stereocenters. The Hall–Kier alpha value is -2.78. The number of fused-ring (bicyclic) bond motifs is 1. The van der Waals surface area contributed by atoms with Crippen LogP contribution in [0.1, 0.15) is 11.1 Å². The van der Waals surface area contributed by atoms with Crippen molar-refractivity contribution in [1.29, 1.82) is 0 Å². The van der Waals surface area contributed by atoms with Crippen molar-refractivity contribution >= 4 is 16.7 Å². The third-order valence-corrected chi connectivity index (χ3v) is 3.39. The van der Waals surface area contributed by atoms with Gasteiger partial charge in [-0.1, -0.05) is 17.7 Å². The molecule has 0 aliphatic carbocycles. The number of aromatic nitrogens is 2. The number of H-pyrrole nitrogens is 2. The Labute approximate surface area is 132 Å². The number of hydrogen-bond acceptors (Lipinski definition) is 4. The Balaban J connectivity index is 1.93. The lowest BCUT2D eigenvalue weighted by Crippen LogP contribution is -2.59. The highest BCUT2D eigenvalue weighted by atomic mass is 19.4. The standard InChI is InChI=1S/C15H10F3N3O3/c16-14(17,18)8-2-1-3-10(6-8)21-15(23,24)9-4-5-11-12(7-9)20-13(22)19-11/h1-7,21H,(H2,19,20,22)/q-2. The van der Waals surface area contributed by atoms with Crippen LogP contribution in [0, 0.1) is 0 Å². The van der Waals surface area contributed by atoms with Crippen LogP contribution in [0.3, 0.4) is 0 Å². The predicted octanol–water partition coefficient (Wildman–Crippen LogP) is 0.818. The van der Waals surface area contributed by atoms with Crippen LogP contribution >= 0.6 is 0 Å². The number of imidazole rings is 1. The summed E-state index contributed by atoms with van der Waals surface area (Å²) in [6.07, 6.45) is -4.59. The first-order chi connectivity index (χ1) is 11.1. The van der Waals surface area contributed by atoms with Gasteiger partial charge in [0.25, 0.3) is 0 Å². The van der Waals surface area contributed by atoms with E-state index in [2.05, 4.69) is 9.97 Å². The van der Waals surface area contributed by atoms with E-state index in [1.165, 1.54) is 24.3 Å². The maximum atomic E-state index is 12.7. The number of alkyl halides is 3. The van der Waals surface area contributed by atoms with Gasteiger partial charge in [0.05, 0.1) is 16.6 Å². The summed E-state index contributed by atoms with van der Waals surface area (Å²) < 4.78 is 38.0. The van der Waals surface area contributed by atoms with Crippen LogP contribution in [-0.2, 0) is 12.1 Å². The molecule has 0 atom stereocenters.